The van der Waals surface area contributed by atoms with Crippen LogP contribution >= 0.6 is 0 Å². The van der Waals surface area contributed by atoms with Crippen LogP contribution in [0.4, 0.5) is 0 Å². The van der Waals surface area contributed by atoms with Gasteiger partial charge < -0.3 is 14.6 Å². The molecule has 0 heterocycles. The third kappa shape index (κ3) is 6.56. The number of ether oxygens (including phenoxy) is 2. The summed E-state index contributed by atoms with van der Waals surface area (Å²) in [7, 11) is -1.90. The molecule has 1 aromatic rings. The molecule has 192 valence electrons. The minimum atomic E-state index is -4.67. The largest absolute Gasteiger partial charge is 0.504 e. The minimum Gasteiger partial charge on any atom is -0.504 e. The molecule has 0 radical (unpaired) electrons. The molecule has 0 aliphatic carbocycles. The summed E-state index contributed by atoms with van der Waals surface area (Å²) in [6.45, 7) is 21.5. The second-order valence-corrected chi connectivity index (χ2v) is 13.6. The van der Waals surface area contributed by atoms with Crippen molar-refractivity contribution in [2.45, 2.75) is 99.3 Å². The van der Waals surface area contributed by atoms with Crippen LogP contribution < -0.4 is 9.47 Å². The summed E-state index contributed by atoms with van der Waals surface area (Å²) < 4.78 is 45.9. The molecule has 0 saturated carbocycles. The monoisotopic (exact) mass is 486 g/mol. The van der Waals surface area contributed by atoms with Crippen molar-refractivity contribution in [2.24, 2.45) is 22.2 Å². The molecule has 1 aromatic carbocycles. The molecule has 1 atom stereocenters. The van der Waals surface area contributed by atoms with Crippen LogP contribution in [0.1, 0.15) is 99.1 Å². The summed E-state index contributed by atoms with van der Waals surface area (Å²) in [6.07, 6.45) is 2.02. The van der Waals surface area contributed by atoms with Gasteiger partial charge in [0.2, 0.25) is 0 Å². The van der Waals surface area contributed by atoms with Crippen molar-refractivity contribution in [3.8, 4) is 17.2 Å². The van der Waals surface area contributed by atoms with Crippen molar-refractivity contribution in [1.29, 1.82) is 0 Å². The van der Waals surface area contributed by atoms with Gasteiger partial charge in [0.15, 0.2) is 11.5 Å². The quantitative estimate of drug-likeness (QED) is 0.352. The highest BCUT2D eigenvalue weighted by Crippen LogP contribution is 2.61. The first kappa shape index (κ1) is 29.6. The van der Waals surface area contributed by atoms with Crippen LogP contribution in [-0.2, 0) is 16.5 Å². The first-order chi connectivity index (χ1) is 14.7. The van der Waals surface area contributed by atoms with E-state index in [0.29, 0.717) is 22.8 Å². The number of aromatic hydroxyl groups is 1. The van der Waals surface area contributed by atoms with Crippen LogP contribution in [0.15, 0.2) is 4.90 Å². The third-order valence-corrected chi connectivity index (χ3v) is 7.21. The fourth-order valence-corrected chi connectivity index (χ4v) is 7.47. The van der Waals surface area contributed by atoms with Gasteiger partial charge in [-0.05, 0) is 41.4 Å². The lowest BCUT2D eigenvalue weighted by Gasteiger charge is -2.49. The molecule has 0 saturated heterocycles. The molecule has 0 fully saturated rings. The van der Waals surface area contributed by atoms with Crippen molar-refractivity contribution in [2.75, 3.05) is 14.2 Å². The maximum absolute atomic E-state index is 12.3. The lowest BCUT2D eigenvalue weighted by molar-refractivity contribution is 0.0750. The first-order valence-electron chi connectivity index (χ1n) is 11.7. The van der Waals surface area contributed by atoms with Gasteiger partial charge in [0.25, 0.3) is 10.1 Å². The Morgan fingerprint density at radius 1 is 0.909 bits per heavy atom. The summed E-state index contributed by atoms with van der Waals surface area (Å²) >= 11 is 0. The van der Waals surface area contributed by atoms with E-state index in [1.54, 1.807) is 6.92 Å². The Labute approximate surface area is 201 Å². The number of phenolic OH excluding ortho intramolecular Hbond substituents is 1. The summed E-state index contributed by atoms with van der Waals surface area (Å²) in [5, 5.41) is 11.5. The molecule has 0 aliphatic heterocycles. The molecule has 1 unspecified atom stereocenters. The van der Waals surface area contributed by atoms with Crippen LogP contribution in [0.25, 0.3) is 0 Å². The van der Waals surface area contributed by atoms with E-state index in [-0.39, 0.29) is 40.1 Å². The van der Waals surface area contributed by atoms with Gasteiger partial charge in [0.05, 0.1) is 14.2 Å². The normalized spacial score (nSPS) is 14.5. The van der Waals surface area contributed by atoms with Gasteiger partial charge in [-0.3, -0.25) is 4.55 Å². The molecule has 33 heavy (non-hydrogen) atoms. The molecular formula is C26H46O6S. The molecule has 6 nitrogen and oxygen atoms in total. The van der Waals surface area contributed by atoms with Crippen molar-refractivity contribution >= 4 is 10.1 Å². The lowest BCUT2D eigenvalue weighted by atomic mass is 9.56. The van der Waals surface area contributed by atoms with Gasteiger partial charge >= 0.3 is 0 Å². The molecule has 0 amide bonds. The summed E-state index contributed by atoms with van der Waals surface area (Å²) in [6, 6.07) is 0. The van der Waals surface area contributed by atoms with Gasteiger partial charge in [-0.1, -0.05) is 69.2 Å². The van der Waals surface area contributed by atoms with Crippen molar-refractivity contribution < 1.29 is 27.6 Å². The lowest BCUT2D eigenvalue weighted by Crippen LogP contribution is -2.38. The van der Waals surface area contributed by atoms with Crippen molar-refractivity contribution in [3.05, 3.63) is 11.1 Å². The SMILES string of the molecule is CCc1c(OC)c(C(C(C)(C)CC(C)C)C(C)(C)CC(C)(C)C)c(O)c(OC)c1S(=O)(=O)O. The zero-order valence-electron chi connectivity index (χ0n) is 22.7. The predicted molar refractivity (Wildman–Crippen MR) is 134 cm³/mol. The maximum atomic E-state index is 12.3. The average molecular weight is 487 g/mol. The Kier molecular flexibility index (Phi) is 8.98. The maximum Gasteiger partial charge on any atom is 0.298 e. The number of hydrogen-bond acceptors (Lipinski definition) is 5. The molecule has 0 spiro atoms. The molecule has 0 aliphatic rings. The topological polar surface area (TPSA) is 93.1 Å². The number of rotatable bonds is 10. The number of phenols is 1. The Morgan fingerprint density at radius 2 is 1.39 bits per heavy atom. The zero-order chi connectivity index (χ0) is 26.2. The number of benzene rings is 1. The first-order valence-corrected chi connectivity index (χ1v) is 13.2. The second kappa shape index (κ2) is 10.0. The molecule has 7 heteroatoms. The van der Waals surface area contributed by atoms with Crippen LogP contribution in [-0.4, -0.2) is 32.3 Å². The summed E-state index contributed by atoms with van der Waals surface area (Å²) in [4.78, 5) is -0.431. The summed E-state index contributed by atoms with van der Waals surface area (Å²) in [5.41, 5.74) is 0.297. The van der Waals surface area contributed by atoms with Crippen molar-refractivity contribution in [3.63, 3.8) is 0 Å². The van der Waals surface area contributed by atoms with E-state index < -0.39 is 15.0 Å². The number of hydrogen-bond donors (Lipinski definition) is 2. The van der Waals surface area contributed by atoms with E-state index in [4.69, 9.17) is 9.47 Å². The highest BCUT2D eigenvalue weighted by atomic mass is 32.2. The van der Waals surface area contributed by atoms with Crippen LogP contribution in [0.3, 0.4) is 0 Å². The highest BCUT2D eigenvalue weighted by Gasteiger charge is 2.48. The van der Waals surface area contributed by atoms with E-state index in [1.165, 1.54) is 14.2 Å². The minimum absolute atomic E-state index is 0.0184. The Balaban J connectivity index is 4.26. The average Bonchev–Trinajstić information content (AvgIpc) is 2.57. The standard InChI is InChI=1S/C26H46O6S/c1-13-17-20(31-11)18(19(27)21(32-12)22(17)33(28,29)30)23(25(7,8)14-16(2)3)26(9,10)15-24(4,5)6/h16,23,27H,13-15H2,1-12H3,(H,28,29,30). The Bertz CT molecular complexity index is 937. The van der Waals surface area contributed by atoms with Gasteiger partial charge in [0.1, 0.15) is 10.6 Å². The van der Waals surface area contributed by atoms with E-state index in [0.717, 1.165) is 12.8 Å². The molecule has 0 bridgehead atoms. The van der Waals surface area contributed by atoms with Gasteiger partial charge in [0, 0.05) is 17.0 Å². The molecule has 1 rings (SSSR count). The fraction of sp³-hybridized carbons (Fsp3) is 0.769. The molecular weight excluding hydrogens is 440 g/mol. The number of methoxy groups -OCH3 is 2. The highest BCUT2D eigenvalue weighted by molar-refractivity contribution is 7.86. The summed E-state index contributed by atoms with van der Waals surface area (Å²) in [5.74, 6) is -0.0146. The molecule has 2 N–H and O–H groups in total. The van der Waals surface area contributed by atoms with E-state index >= 15 is 0 Å². The Morgan fingerprint density at radius 3 is 1.73 bits per heavy atom. The molecule has 0 aromatic heterocycles. The Hall–Kier alpha value is -1.47. The van der Waals surface area contributed by atoms with E-state index in [1.807, 2.05) is 0 Å². The van der Waals surface area contributed by atoms with Crippen LogP contribution in [0.5, 0.6) is 17.2 Å². The fourth-order valence-electron chi connectivity index (χ4n) is 6.50. The van der Waals surface area contributed by atoms with Crippen molar-refractivity contribution in [1.82, 2.24) is 0 Å². The second-order valence-electron chi connectivity index (χ2n) is 12.2. The zero-order valence-corrected chi connectivity index (χ0v) is 23.5. The van der Waals surface area contributed by atoms with Gasteiger partial charge in [-0.25, -0.2) is 0 Å². The van der Waals surface area contributed by atoms with Crippen LogP contribution in [0.2, 0.25) is 0 Å². The van der Waals surface area contributed by atoms with E-state index in [9.17, 15) is 18.1 Å². The van der Waals surface area contributed by atoms with E-state index in [2.05, 4.69) is 62.3 Å². The van der Waals surface area contributed by atoms with Gasteiger partial charge in [-0.15, -0.1) is 0 Å². The van der Waals surface area contributed by atoms with Crippen LogP contribution in [0, 0.1) is 22.2 Å². The van der Waals surface area contributed by atoms with Gasteiger partial charge in [-0.2, -0.15) is 8.42 Å². The third-order valence-electron chi connectivity index (χ3n) is 6.26. The smallest absolute Gasteiger partial charge is 0.298 e. The predicted octanol–water partition coefficient (Wildman–Crippen LogP) is 6.84.